The fourth-order valence-electron chi connectivity index (χ4n) is 2.36. The van der Waals surface area contributed by atoms with E-state index in [0.29, 0.717) is 0 Å². The molecule has 16 heavy (non-hydrogen) atoms. The first-order chi connectivity index (χ1) is 7.77. The Morgan fingerprint density at radius 2 is 2.25 bits per heavy atom. The Hall–Kier alpha value is 0.270. The molecule has 3 heteroatoms. The van der Waals surface area contributed by atoms with Gasteiger partial charge in [0.15, 0.2) is 0 Å². The van der Waals surface area contributed by atoms with Crippen molar-refractivity contribution in [3.05, 3.63) is 0 Å². The van der Waals surface area contributed by atoms with Crippen molar-refractivity contribution in [3.63, 3.8) is 0 Å². The molecule has 1 heterocycles. The molecule has 1 saturated heterocycles. The number of likely N-dealkylation sites (tertiary alicyclic amines) is 1. The van der Waals surface area contributed by atoms with E-state index in [-0.39, 0.29) is 0 Å². The predicted molar refractivity (Wildman–Crippen MR) is 75.3 cm³/mol. The number of thioether (sulfide) groups is 1. The van der Waals surface area contributed by atoms with Gasteiger partial charge in [0.1, 0.15) is 0 Å². The molecule has 0 spiro atoms. The summed E-state index contributed by atoms with van der Waals surface area (Å²) in [6, 6.07) is 0.783. The van der Waals surface area contributed by atoms with Gasteiger partial charge in [0.2, 0.25) is 0 Å². The van der Waals surface area contributed by atoms with Gasteiger partial charge in [0, 0.05) is 12.6 Å². The smallest absolute Gasteiger partial charge is 0.00749 e. The molecule has 1 aliphatic heterocycles. The summed E-state index contributed by atoms with van der Waals surface area (Å²) in [5.41, 5.74) is 0. The first-order valence-electron chi connectivity index (χ1n) is 6.80. The Kier molecular flexibility index (Phi) is 7.50. The summed E-state index contributed by atoms with van der Waals surface area (Å²) >= 11 is 2.07. The largest absolute Gasteiger partial charge is 0.317 e. The molecule has 0 bridgehead atoms. The van der Waals surface area contributed by atoms with Crippen LogP contribution in [0.25, 0.3) is 0 Å². The molecule has 0 radical (unpaired) electrons. The van der Waals surface area contributed by atoms with Crippen LogP contribution in [0.4, 0.5) is 0 Å². The fraction of sp³-hybridized carbons (Fsp3) is 1.00. The molecule has 2 nitrogen and oxygen atoms in total. The number of nitrogens with zero attached hydrogens (tertiary/aromatic N) is 1. The average molecular weight is 244 g/mol. The molecular weight excluding hydrogens is 216 g/mol. The Bertz CT molecular complexity index is 175. The van der Waals surface area contributed by atoms with E-state index in [0.717, 1.165) is 18.5 Å². The van der Waals surface area contributed by atoms with Gasteiger partial charge in [-0.05, 0) is 56.8 Å². The lowest BCUT2D eigenvalue weighted by Gasteiger charge is -2.24. The van der Waals surface area contributed by atoms with Crippen molar-refractivity contribution in [2.24, 2.45) is 5.92 Å². The van der Waals surface area contributed by atoms with E-state index in [2.05, 4.69) is 42.7 Å². The Morgan fingerprint density at radius 1 is 1.44 bits per heavy atom. The van der Waals surface area contributed by atoms with Crippen molar-refractivity contribution >= 4 is 11.8 Å². The van der Waals surface area contributed by atoms with Gasteiger partial charge in [-0.1, -0.05) is 13.8 Å². The highest BCUT2D eigenvalue weighted by Gasteiger charge is 2.25. The number of rotatable bonds is 8. The van der Waals surface area contributed by atoms with Gasteiger partial charge in [-0.25, -0.2) is 0 Å². The van der Waals surface area contributed by atoms with Crippen molar-refractivity contribution in [2.75, 3.05) is 37.7 Å². The average Bonchev–Trinajstić information content (AvgIpc) is 2.75. The minimum atomic E-state index is 0.783. The van der Waals surface area contributed by atoms with E-state index >= 15 is 0 Å². The van der Waals surface area contributed by atoms with Crippen LogP contribution >= 0.6 is 11.8 Å². The number of nitrogens with one attached hydrogen (secondary N) is 1. The molecular formula is C13H28N2S. The maximum absolute atomic E-state index is 3.47. The summed E-state index contributed by atoms with van der Waals surface area (Å²) in [4.78, 5) is 2.68. The minimum Gasteiger partial charge on any atom is -0.317 e. The van der Waals surface area contributed by atoms with Crippen LogP contribution in [-0.2, 0) is 0 Å². The van der Waals surface area contributed by atoms with E-state index in [1.807, 2.05) is 0 Å². The molecule has 1 fully saturated rings. The van der Waals surface area contributed by atoms with Crippen LogP contribution in [0.1, 0.15) is 33.6 Å². The van der Waals surface area contributed by atoms with Gasteiger partial charge in [-0.2, -0.15) is 11.8 Å². The Labute approximate surface area is 106 Å². The molecule has 2 unspecified atom stereocenters. The standard InChI is InChI=1S/C13H28N2S/c1-4-14-10-13-6-8-15(11-13)12(3)7-9-16-5-2/h12-14H,4-11H2,1-3H3. The van der Waals surface area contributed by atoms with Gasteiger partial charge in [0.25, 0.3) is 0 Å². The number of hydrogen-bond donors (Lipinski definition) is 1. The van der Waals surface area contributed by atoms with Crippen LogP contribution in [0.2, 0.25) is 0 Å². The van der Waals surface area contributed by atoms with Crippen molar-refractivity contribution in [1.29, 1.82) is 0 Å². The molecule has 0 saturated carbocycles. The number of hydrogen-bond acceptors (Lipinski definition) is 3. The normalized spacial score (nSPS) is 23.8. The lowest BCUT2D eigenvalue weighted by Crippen LogP contribution is -2.33. The lowest BCUT2D eigenvalue weighted by atomic mass is 10.1. The van der Waals surface area contributed by atoms with E-state index in [1.165, 1.54) is 44.0 Å². The third kappa shape index (κ3) is 5.07. The maximum Gasteiger partial charge on any atom is 0.00749 e. The Morgan fingerprint density at radius 3 is 2.94 bits per heavy atom. The van der Waals surface area contributed by atoms with Gasteiger partial charge >= 0.3 is 0 Å². The molecule has 2 atom stereocenters. The van der Waals surface area contributed by atoms with Crippen LogP contribution < -0.4 is 5.32 Å². The van der Waals surface area contributed by atoms with Crippen LogP contribution in [0.15, 0.2) is 0 Å². The lowest BCUT2D eigenvalue weighted by molar-refractivity contribution is 0.244. The maximum atomic E-state index is 3.47. The predicted octanol–water partition coefficient (Wildman–Crippen LogP) is 2.45. The second kappa shape index (κ2) is 8.37. The first-order valence-corrected chi connectivity index (χ1v) is 7.95. The van der Waals surface area contributed by atoms with Crippen molar-refractivity contribution < 1.29 is 0 Å². The second-order valence-corrected chi connectivity index (χ2v) is 6.19. The zero-order valence-corrected chi connectivity index (χ0v) is 12.0. The van der Waals surface area contributed by atoms with E-state index in [1.54, 1.807) is 0 Å². The quantitative estimate of drug-likeness (QED) is 0.660. The summed E-state index contributed by atoms with van der Waals surface area (Å²) in [5.74, 6) is 3.48. The topological polar surface area (TPSA) is 15.3 Å². The van der Waals surface area contributed by atoms with Crippen LogP contribution in [0.5, 0.6) is 0 Å². The van der Waals surface area contributed by atoms with Crippen LogP contribution in [0.3, 0.4) is 0 Å². The summed E-state index contributed by atoms with van der Waals surface area (Å²) in [6.07, 6.45) is 2.74. The zero-order chi connectivity index (χ0) is 11.8. The minimum absolute atomic E-state index is 0.783. The molecule has 1 rings (SSSR count). The third-order valence-corrected chi connectivity index (χ3v) is 4.44. The molecule has 1 N–H and O–H groups in total. The zero-order valence-electron chi connectivity index (χ0n) is 11.2. The van der Waals surface area contributed by atoms with Gasteiger partial charge < -0.3 is 10.2 Å². The molecule has 1 aliphatic rings. The summed E-state index contributed by atoms with van der Waals surface area (Å²) in [6.45, 7) is 11.8. The van der Waals surface area contributed by atoms with Crippen molar-refractivity contribution in [1.82, 2.24) is 10.2 Å². The summed E-state index contributed by atoms with van der Waals surface area (Å²) in [7, 11) is 0. The molecule has 0 amide bonds. The molecule has 0 aliphatic carbocycles. The van der Waals surface area contributed by atoms with Gasteiger partial charge in [0.05, 0.1) is 0 Å². The highest BCUT2D eigenvalue weighted by molar-refractivity contribution is 7.99. The Balaban J connectivity index is 2.13. The highest BCUT2D eigenvalue weighted by atomic mass is 32.2. The van der Waals surface area contributed by atoms with Crippen LogP contribution in [0, 0.1) is 5.92 Å². The SMILES string of the molecule is CCNCC1CCN(C(C)CCSCC)C1. The molecule has 0 aromatic carbocycles. The highest BCUT2D eigenvalue weighted by Crippen LogP contribution is 2.20. The third-order valence-electron chi connectivity index (χ3n) is 3.51. The monoisotopic (exact) mass is 244 g/mol. The van der Waals surface area contributed by atoms with Crippen LogP contribution in [-0.4, -0.2) is 48.6 Å². The van der Waals surface area contributed by atoms with Crippen molar-refractivity contribution in [2.45, 2.75) is 39.7 Å². The fourth-order valence-corrected chi connectivity index (χ4v) is 3.16. The molecule has 96 valence electrons. The second-order valence-electron chi connectivity index (χ2n) is 4.79. The molecule has 0 aromatic heterocycles. The molecule has 0 aromatic rings. The summed E-state index contributed by atoms with van der Waals surface area (Å²) in [5, 5.41) is 3.47. The van der Waals surface area contributed by atoms with E-state index < -0.39 is 0 Å². The van der Waals surface area contributed by atoms with E-state index in [4.69, 9.17) is 0 Å². The van der Waals surface area contributed by atoms with Crippen molar-refractivity contribution in [3.8, 4) is 0 Å². The van der Waals surface area contributed by atoms with Gasteiger partial charge in [-0.15, -0.1) is 0 Å². The first kappa shape index (κ1) is 14.3. The van der Waals surface area contributed by atoms with E-state index in [9.17, 15) is 0 Å². The summed E-state index contributed by atoms with van der Waals surface area (Å²) < 4.78 is 0. The van der Waals surface area contributed by atoms with Gasteiger partial charge in [-0.3, -0.25) is 0 Å².